The standard InChI is InChI=1S/C17H22N4O.ClH/c1-12-10-19-21(17(12)20-16(22)11-18-2)15-9-5-7-13-6-3-4-8-14(13)15;/h3-4,6,8,10,15,18H,5,7,9,11H2,1-2H3,(H,20,22);1H. The molecule has 2 N–H and O–H groups in total. The van der Waals surface area contributed by atoms with Gasteiger partial charge in [0.1, 0.15) is 5.82 Å². The topological polar surface area (TPSA) is 59.0 Å². The Morgan fingerprint density at radius 3 is 2.96 bits per heavy atom. The summed E-state index contributed by atoms with van der Waals surface area (Å²) in [6.45, 7) is 2.28. The summed E-state index contributed by atoms with van der Waals surface area (Å²) in [5.41, 5.74) is 3.70. The Labute approximate surface area is 142 Å². The number of likely N-dealkylation sites (N-methyl/N-ethyl adjacent to an activating group) is 1. The number of hydrogen-bond donors (Lipinski definition) is 2. The molecule has 1 amide bonds. The molecule has 1 aromatic carbocycles. The van der Waals surface area contributed by atoms with E-state index in [-0.39, 0.29) is 24.4 Å². The lowest BCUT2D eigenvalue weighted by Gasteiger charge is -2.27. The zero-order valence-electron chi connectivity index (χ0n) is 13.5. The normalized spacial score (nSPS) is 16.3. The highest BCUT2D eigenvalue weighted by atomic mass is 35.5. The number of aryl methyl sites for hydroxylation is 2. The van der Waals surface area contributed by atoms with Crippen molar-refractivity contribution in [2.45, 2.75) is 32.2 Å². The van der Waals surface area contributed by atoms with Gasteiger partial charge in [-0.25, -0.2) is 4.68 Å². The Bertz CT molecular complexity index is 683. The van der Waals surface area contributed by atoms with Crippen molar-refractivity contribution in [3.63, 3.8) is 0 Å². The second-order valence-corrected chi connectivity index (χ2v) is 5.81. The van der Waals surface area contributed by atoms with Gasteiger partial charge >= 0.3 is 0 Å². The molecule has 0 spiro atoms. The average Bonchev–Trinajstić information content (AvgIpc) is 2.88. The van der Waals surface area contributed by atoms with Crippen LogP contribution in [-0.4, -0.2) is 29.3 Å². The number of nitrogens with one attached hydrogen (secondary N) is 2. The molecule has 3 rings (SSSR count). The van der Waals surface area contributed by atoms with Crippen LogP contribution < -0.4 is 10.6 Å². The van der Waals surface area contributed by atoms with Crippen LogP contribution in [0.25, 0.3) is 0 Å². The minimum absolute atomic E-state index is 0. The second kappa shape index (κ2) is 7.62. The summed E-state index contributed by atoms with van der Waals surface area (Å²) in [6.07, 6.45) is 5.14. The van der Waals surface area contributed by atoms with E-state index in [9.17, 15) is 4.79 Å². The van der Waals surface area contributed by atoms with Crippen LogP contribution in [-0.2, 0) is 11.2 Å². The number of halogens is 1. The van der Waals surface area contributed by atoms with E-state index in [1.807, 2.05) is 17.8 Å². The zero-order valence-corrected chi connectivity index (χ0v) is 14.3. The van der Waals surface area contributed by atoms with Crippen molar-refractivity contribution < 1.29 is 4.79 Å². The van der Waals surface area contributed by atoms with E-state index in [0.717, 1.165) is 30.6 Å². The third-order valence-corrected chi connectivity index (χ3v) is 4.21. The number of anilines is 1. The highest BCUT2D eigenvalue weighted by Crippen LogP contribution is 2.34. The first kappa shape index (κ1) is 17.5. The largest absolute Gasteiger partial charge is 0.311 e. The van der Waals surface area contributed by atoms with Crippen LogP contribution in [0.2, 0.25) is 0 Å². The number of hydrogen-bond acceptors (Lipinski definition) is 3. The van der Waals surface area contributed by atoms with Crippen LogP contribution in [0.15, 0.2) is 30.5 Å². The summed E-state index contributed by atoms with van der Waals surface area (Å²) < 4.78 is 1.97. The molecule has 23 heavy (non-hydrogen) atoms. The lowest BCUT2D eigenvalue weighted by atomic mass is 9.88. The molecule has 0 saturated carbocycles. The van der Waals surface area contributed by atoms with Gasteiger partial charge in [-0.15, -0.1) is 12.4 Å². The lowest BCUT2D eigenvalue weighted by Crippen LogP contribution is -2.28. The Balaban J connectivity index is 0.00000192. The number of rotatable bonds is 4. The number of amides is 1. The summed E-state index contributed by atoms with van der Waals surface area (Å²) in [7, 11) is 1.76. The number of fused-ring (bicyclic) bond motifs is 1. The molecule has 0 radical (unpaired) electrons. The molecule has 124 valence electrons. The molecule has 1 aromatic heterocycles. The minimum Gasteiger partial charge on any atom is -0.311 e. The third kappa shape index (κ3) is 3.57. The molecule has 1 unspecified atom stereocenters. The Kier molecular flexibility index (Phi) is 5.80. The molecule has 0 saturated heterocycles. The van der Waals surface area contributed by atoms with Gasteiger partial charge in [-0.2, -0.15) is 5.10 Å². The highest BCUT2D eigenvalue weighted by Gasteiger charge is 2.25. The van der Waals surface area contributed by atoms with Crippen molar-refractivity contribution in [3.05, 3.63) is 47.2 Å². The van der Waals surface area contributed by atoms with Crippen LogP contribution in [0.5, 0.6) is 0 Å². The van der Waals surface area contributed by atoms with Crippen molar-refractivity contribution in [2.24, 2.45) is 0 Å². The van der Waals surface area contributed by atoms with Gasteiger partial charge in [0, 0.05) is 5.56 Å². The van der Waals surface area contributed by atoms with Crippen LogP contribution in [0.4, 0.5) is 5.82 Å². The van der Waals surface area contributed by atoms with Gasteiger partial charge in [-0.3, -0.25) is 4.79 Å². The molecular formula is C17H23ClN4O. The van der Waals surface area contributed by atoms with Crippen molar-refractivity contribution in [2.75, 3.05) is 18.9 Å². The lowest BCUT2D eigenvalue weighted by molar-refractivity contribution is -0.115. The summed E-state index contributed by atoms with van der Waals surface area (Å²) in [5, 5.41) is 10.4. The van der Waals surface area contributed by atoms with Crippen molar-refractivity contribution in [3.8, 4) is 0 Å². The smallest absolute Gasteiger partial charge is 0.239 e. The Morgan fingerprint density at radius 1 is 1.39 bits per heavy atom. The van der Waals surface area contributed by atoms with Crippen LogP contribution in [0.1, 0.15) is 35.6 Å². The summed E-state index contributed by atoms with van der Waals surface area (Å²) in [5.74, 6) is 0.762. The van der Waals surface area contributed by atoms with E-state index in [4.69, 9.17) is 0 Å². The van der Waals surface area contributed by atoms with Crippen LogP contribution >= 0.6 is 12.4 Å². The van der Waals surface area contributed by atoms with Gasteiger partial charge in [-0.1, -0.05) is 24.3 Å². The molecular weight excluding hydrogens is 312 g/mol. The number of carbonyl (C=O) groups excluding carboxylic acids is 1. The van der Waals surface area contributed by atoms with E-state index in [1.165, 1.54) is 11.1 Å². The summed E-state index contributed by atoms with van der Waals surface area (Å²) >= 11 is 0. The Morgan fingerprint density at radius 2 is 2.17 bits per heavy atom. The minimum atomic E-state index is -0.0450. The predicted octanol–water partition coefficient (Wildman–Crippen LogP) is 2.70. The van der Waals surface area contributed by atoms with E-state index >= 15 is 0 Å². The quantitative estimate of drug-likeness (QED) is 0.903. The molecule has 1 aliphatic rings. The predicted molar refractivity (Wildman–Crippen MR) is 94.3 cm³/mol. The molecule has 0 fully saturated rings. The highest BCUT2D eigenvalue weighted by molar-refractivity contribution is 5.92. The molecule has 0 bridgehead atoms. The molecule has 1 heterocycles. The van der Waals surface area contributed by atoms with E-state index in [0.29, 0.717) is 6.54 Å². The van der Waals surface area contributed by atoms with E-state index in [2.05, 4.69) is 40.0 Å². The third-order valence-electron chi connectivity index (χ3n) is 4.21. The van der Waals surface area contributed by atoms with Gasteiger partial charge in [0.2, 0.25) is 5.91 Å². The fourth-order valence-corrected chi connectivity index (χ4v) is 3.16. The maximum atomic E-state index is 11.9. The fraction of sp³-hybridized carbons (Fsp3) is 0.412. The Hall–Kier alpha value is -1.85. The van der Waals surface area contributed by atoms with Crippen LogP contribution in [0.3, 0.4) is 0 Å². The van der Waals surface area contributed by atoms with E-state index < -0.39 is 0 Å². The first-order valence-corrected chi connectivity index (χ1v) is 7.77. The van der Waals surface area contributed by atoms with E-state index in [1.54, 1.807) is 7.05 Å². The molecule has 0 aliphatic heterocycles. The maximum Gasteiger partial charge on any atom is 0.239 e. The van der Waals surface area contributed by atoms with Gasteiger partial charge in [0.25, 0.3) is 0 Å². The monoisotopic (exact) mass is 334 g/mol. The number of carbonyl (C=O) groups is 1. The summed E-state index contributed by atoms with van der Waals surface area (Å²) in [4.78, 5) is 11.9. The van der Waals surface area contributed by atoms with Gasteiger partial charge < -0.3 is 10.6 Å². The van der Waals surface area contributed by atoms with Gasteiger partial charge in [-0.05, 0) is 44.4 Å². The van der Waals surface area contributed by atoms with Crippen molar-refractivity contribution in [1.82, 2.24) is 15.1 Å². The first-order valence-electron chi connectivity index (χ1n) is 7.77. The number of nitrogens with zero attached hydrogens (tertiary/aromatic N) is 2. The average molecular weight is 335 g/mol. The van der Waals surface area contributed by atoms with Crippen LogP contribution in [0, 0.1) is 6.92 Å². The number of benzene rings is 1. The fourth-order valence-electron chi connectivity index (χ4n) is 3.16. The maximum absolute atomic E-state index is 11.9. The molecule has 5 nitrogen and oxygen atoms in total. The zero-order chi connectivity index (χ0) is 15.5. The van der Waals surface area contributed by atoms with Gasteiger partial charge in [0.05, 0.1) is 18.8 Å². The number of aromatic nitrogens is 2. The molecule has 1 aliphatic carbocycles. The second-order valence-electron chi connectivity index (χ2n) is 5.81. The van der Waals surface area contributed by atoms with Crippen molar-refractivity contribution in [1.29, 1.82) is 0 Å². The SMILES string of the molecule is CNCC(=O)Nc1c(C)cnn1C1CCCc2ccccc21.Cl. The van der Waals surface area contributed by atoms with Gasteiger partial charge in [0.15, 0.2) is 0 Å². The first-order chi connectivity index (χ1) is 10.7. The molecule has 2 aromatic rings. The van der Waals surface area contributed by atoms with Crippen molar-refractivity contribution >= 4 is 24.1 Å². The molecule has 6 heteroatoms. The molecule has 1 atom stereocenters. The summed E-state index contributed by atoms with van der Waals surface area (Å²) in [6, 6.07) is 8.73.